The maximum atomic E-state index is 12.8. The van der Waals surface area contributed by atoms with Crippen molar-refractivity contribution in [3.8, 4) is 0 Å². The van der Waals surface area contributed by atoms with Gasteiger partial charge in [0.05, 0.1) is 5.56 Å². The molecule has 1 fully saturated rings. The predicted octanol–water partition coefficient (Wildman–Crippen LogP) is 3.45. The van der Waals surface area contributed by atoms with E-state index in [2.05, 4.69) is 17.1 Å². The molecule has 1 heterocycles. The van der Waals surface area contributed by atoms with Crippen LogP contribution >= 0.6 is 0 Å². The monoisotopic (exact) mass is 286 g/mol. The van der Waals surface area contributed by atoms with E-state index < -0.39 is 11.7 Å². The summed E-state index contributed by atoms with van der Waals surface area (Å²) < 4.78 is 38.4. The molecule has 0 spiro atoms. The van der Waals surface area contributed by atoms with Crippen LogP contribution in [-0.2, 0) is 6.18 Å². The van der Waals surface area contributed by atoms with Gasteiger partial charge in [-0.05, 0) is 44.1 Å². The van der Waals surface area contributed by atoms with Crippen molar-refractivity contribution in [3.05, 3.63) is 35.4 Å². The molecule has 1 aliphatic heterocycles. The molecule has 0 aliphatic carbocycles. The minimum absolute atomic E-state index is 0.00722. The van der Waals surface area contributed by atoms with E-state index >= 15 is 0 Å². The standard InChI is InChI=1S/C15H21F3N2/c1-3-20(14-7-8-19-10-14)11(2)12-5-4-6-13(9-12)15(16,17)18/h4-6,9,11,14,19H,3,7-8,10H2,1-2H3. The summed E-state index contributed by atoms with van der Waals surface area (Å²) in [6, 6.07) is 6.08. The minimum atomic E-state index is -4.28. The van der Waals surface area contributed by atoms with Crippen LogP contribution in [0.3, 0.4) is 0 Å². The summed E-state index contributed by atoms with van der Waals surface area (Å²) >= 11 is 0. The van der Waals surface area contributed by atoms with Crippen molar-refractivity contribution in [2.75, 3.05) is 19.6 Å². The Balaban J connectivity index is 2.20. The van der Waals surface area contributed by atoms with Crippen LogP contribution in [0.2, 0.25) is 0 Å². The van der Waals surface area contributed by atoms with Crippen molar-refractivity contribution in [2.24, 2.45) is 0 Å². The van der Waals surface area contributed by atoms with Crippen molar-refractivity contribution >= 4 is 0 Å². The second-order valence-corrected chi connectivity index (χ2v) is 5.28. The molecule has 20 heavy (non-hydrogen) atoms. The van der Waals surface area contributed by atoms with Gasteiger partial charge in [-0.25, -0.2) is 0 Å². The smallest absolute Gasteiger partial charge is 0.315 e. The molecular weight excluding hydrogens is 265 g/mol. The number of nitrogens with zero attached hydrogens (tertiary/aromatic N) is 1. The first-order valence-corrected chi connectivity index (χ1v) is 7.07. The van der Waals surface area contributed by atoms with Gasteiger partial charge in [0, 0.05) is 18.6 Å². The Bertz CT molecular complexity index is 439. The van der Waals surface area contributed by atoms with Gasteiger partial charge in [-0.15, -0.1) is 0 Å². The zero-order valence-corrected chi connectivity index (χ0v) is 11.9. The lowest BCUT2D eigenvalue weighted by atomic mass is 10.0. The highest BCUT2D eigenvalue weighted by atomic mass is 19.4. The molecule has 2 nitrogen and oxygen atoms in total. The maximum absolute atomic E-state index is 12.8. The van der Waals surface area contributed by atoms with E-state index in [0.717, 1.165) is 37.7 Å². The van der Waals surface area contributed by atoms with E-state index in [9.17, 15) is 13.2 Å². The Morgan fingerprint density at radius 2 is 2.15 bits per heavy atom. The highest BCUT2D eigenvalue weighted by molar-refractivity contribution is 5.28. The summed E-state index contributed by atoms with van der Waals surface area (Å²) in [5.74, 6) is 0. The van der Waals surface area contributed by atoms with Gasteiger partial charge in [-0.1, -0.05) is 19.1 Å². The second kappa shape index (κ2) is 6.14. The molecule has 1 aliphatic rings. The lowest BCUT2D eigenvalue weighted by Crippen LogP contribution is -2.38. The van der Waals surface area contributed by atoms with Crippen LogP contribution in [0, 0.1) is 0 Å². The minimum Gasteiger partial charge on any atom is -0.315 e. The van der Waals surface area contributed by atoms with Gasteiger partial charge in [-0.2, -0.15) is 13.2 Å². The van der Waals surface area contributed by atoms with E-state index in [-0.39, 0.29) is 6.04 Å². The number of rotatable bonds is 4. The lowest BCUT2D eigenvalue weighted by molar-refractivity contribution is -0.137. The molecule has 5 heteroatoms. The van der Waals surface area contributed by atoms with Crippen LogP contribution < -0.4 is 5.32 Å². The average Bonchev–Trinajstić information content (AvgIpc) is 2.92. The first-order chi connectivity index (χ1) is 9.43. The van der Waals surface area contributed by atoms with Crippen LogP contribution in [0.25, 0.3) is 0 Å². The van der Waals surface area contributed by atoms with Crippen LogP contribution in [-0.4, -0.2) is 30.6 Å². The van der Waals surface area contributed by atoms with Gasteiger partial charge in [-0.3, -0.25) is 4.90 Å². The van der Waals surface area contributed by atoms with Crippen molar-refractivity contribution in [1.82, 2.24) is 10.2 Å². The summed E-state index contributed by atoms with van der Waals surface area (Å²) in [5.41, 5.74) is 0.163. The van der Waals surface area contributed by atoms with Gasteiger partial charge in [0.15, 0.2) is 0 Å². The number of likely N-dealkylation sites (N-methyl/N-ethyl adjacent to an activating group) is 1. The first-order valence-electron chi connectivity index (χ1n) is 7.07. The number of alkyl halides is 3. The van der Waals surface area contributed by atoms with Crippen molar-refractivity contribution < 1.29 is 13.2 Å². The van der Waals surface area contributed by atoms with Crippen molar-refractivity contribution in [1.29, 1.82) is 0 Å². The molecule has 112 valence electrons. The fraction of sp³-hybridized carbons (Fsp3) is 0.600. The zero-order chi connectivity index (χ0) is 14.8. The largest absolute Gasteiger partial charge is 0.416 e. The van der Waals surface area contributed by atoms with Crippen LogP contribution in [0.15, 0.2) is 24.3 Å². The van der Waals surface area contributed by atoms with Crippen molar-refractivity contribution in [3.63, 3.8) is 0 Å². The fourth-order valence-corrected chi connectivity index (χ4v) is 2.94. The Morgan fingerprint density at radius 1 is 1.40 bits per heavy atom. The van der Waals surface area contributed by atoms with Gasteiger partial charge < -0.3 is 5.32 Å². The molecule has 2 rings (SSSR count). The summed E-state index contributed by atoms with van der Waals surface area (Å²) in [4.78, 5) is 2.27. The highest BCUT2D eigenvalue weighted by Gasteiger charge is 2.32. The molecule has 1 saturated heterocycles. The third kappa shape index (κ3) is 3.33. The number of hydrogen-bond acceptors (Lipinski definition) is 2. The van der Waals surface area contributed by atoms with Gasteiger partial charge in [0.1, 0.15) is 0 Å². The average molecular weight is 286 g/mol. The van der Waals surface area contributed by atoms with Crippen molar-refractivity contribution in [2.45, 2.75) is 38.5 Å². The van der Waals surface area contributed by atoms with E-state index in [0.29, 0.717) is 6.04 Å². The Labute approximate surface area is 118 Å². The van der Waals surface area contributed by atoms with Crippen LogP contribution in [0.1, 0.15) is 37.4 Å². The molecule has 1 aromatic rings. The second-order valence-electron chi connectivity index (χ2n) is 5.28. The molecule has 2 atom stereocenters. The van der Waals surface area contributed by atoms with Gasteiger partial charge >= 0.3 is 6.18 Å². The van der Waals surface area contributed by atoms with E-state index in [1.165, 1.54) is 12.1 Å². The predicted molar refractivity (Wildman–Crippen MR) is 73.5 cm³/mol. The SMILES string of the molecule is CCN(C1CCNC1)C(C)c1cccc(C(F)(F)F)c1. The zero-order valence-electron chi connectivity index (χ0n) is 11.9. The quantitative estimate of drug-likeness (QED) is 0.912. The Kier molecular flexibility index (Phi) is 4.70. The fourth-order valence-electron chi connectivity index (χ4n) is 2.94. The molecular formula is C15H21F3N2. The Morgan fingerprint density at radius 3 is 2.70 bits per heavy atom. The van der Waals surface area contributed by atoms with Crippen LogP contribution in [0.4, 0.5) is 13.2 Å². The summed E-state index contributed by atoms with van der Waals surface area (Å²) in [5, 5.41) is 3.31. The third-order valence-electron chi connectivity index (χ3n) is 4.06. The van der Waals surface area contributed by atoms with E-state index in [4.69, 9.17) is 0 Å². The molecule has 0 radical (unpaired) electrons. The summed E-state index contributed by atoms with van der Waals surface area (Å²) in [6.07, 6.45) is -3.22. The van der Waals surface area contributed by atoms with Crippen LogP contribution in [0.5, 0.6) is 0 Å². The Hall–Kier alpha value is -1.07. The molecule has 0 saturated carbocycles. The lowest BCUT2D eigenvalue weighted by Gasteiger charge is -2.33. The molecule has 0 amide bonds. The van der Waals surface area contributed by atoms with Gasteiger partial charge in [0.25, 0.3) is 0 Å². The summed E-state index contributed by atoms with van der Waals surface area (Å²) in [6.45, 7) is 6.77. The van der Waals surface area contributed by atoms with E-state index in [1.54, 1.807) is 6.07 Å². The number of nitrogens with one attached hydrogen (secondary N) is 1. The molecule has 0 aromatic heterocycles. The molecule has 2 unspecified atom stereocenters. The third-order valence-corrected chi connectivity index (χ3v) is 4.06. The van der Waals surface area contributed by atoms with E-state index in [1.807, 2.05) is 6.92 Å². The normalized spacial score (nSPS) is 21.4. The summed E-state index contributed by atoms with van der Waals surface area (Å²) in [7, 11) is 0. The maximum Gasteiger partial charge on any atom is 0.416 e. The number of hydrogen-bond donors (Lipinski definition) is 1. The highest BCUT2D eigenvalue weighted by Crippen LogP contribution is 2.32. The number of halogens is 3. The molecule has 0 bridgehead atoms. The molecule has 1 aromatic carbocycles. The van der Waals surface area contributed by atoms with Gasteiger partial charge in [0.2, 0.25) is 0 Å². The first kappa shape index (κ1) is 15.3. The molecule has 1 N–H and O–H groups in total. The number of benzene rings is 1. The topological polar surface area (TPSA) is 15.3 Å².